The van der Waals surface area contributed by atoms with Crippen molar-refractivity contribution < 1.29 is 15.0 Å². The summed E-state index contributed by atoms with van der Waals surface area (Å²) in [7, 11) is 0. The minimum atomic E-state index is -0.560. The summed E-state index contributed by atoms with van der Waals surface area (Å²) in [5, 5.41) is 21.4. The highest BCUT2D eigenvalue weighted by Crippen LogP contribution is 2.77. The molecule has 0 amide bonds. The molecule has 3 nitrogen and oxygen atoms in total. The molecule has 0 spiro atoms. The second-order valence-electron chi connectivity index (χ2n) is 14.1. The molecular weight excluding hydrogens is 420 g/mol. The third kappa shape index (κ3) is 2.68. The molecule has 0 aromatic carbocycles. The first-order chi connectivity index (χ1) is 15.8. The van der Waals surface area contributed by atoms with Crippen LogP contribution >= 0.6 is 0 Å². The molecule has 0 saturated heterocycles. The predicted molar refractivity (Wildman–Crippen MR) is 136 cm³/mol. The molecule has 34 heavy (non-hydrogen) atoms. The molecule has 3 heteroatoms. The van der Waals surface area contributed by atoms with Gasteiger partial charge in [0.15, 0.2) is 0 Å². The highest BCUT2D eigenvalue weighted by atomic mass is 16.4. The molecular formula is C31H46O3. The molecule has 5 aliphatic rings. The van der Waals surface area contributed by atoms with Gasteiger partial charge in [0.1, 0.15) is 0 Å². The number of fused-ring (bicyclic) bond motifs is 7. The Morgan fingerprint density at radius 2 is 1.62 bits per heavy atom. The number of aliphatic hydroxyl groups is 1. The lowest BCUT2D eigenvalue weighted by Crippen LogP contribution is -2.67. The number of hydrogen-bond acceptors (Lipinski definition) is 2. The molecule has 11 atom stereocenters. The van der Waals surface area contributed by atoms with Crippen LogP contribution in [0.1, 0.15) is 98.8 Å². The van der Waals surface area contributed by atoms with Gasteiger partial charge in [0, 0.05) is 0 Å². The van der Waals surface area contributed by atoms with E-state index < -0.39 is 22.9 Å². The van der Waals surface area contributed by atoms with Crippen molar-refractivity contribution in [3.63, 3.8) is 0 Å². The van der Waals surface area contributed by atoms with Crippen LogP contribution in [0.3, 0.4) is 0 Å². The maximum Gasteiger partial charge on any atom is 0.309 e. The van der Waals surface area contributed by atoms with Gasteiger partial charge in [-0.05, 0) is 124 Å². The number of aliphatic carboxylic acids is 1. The van der Waals surface area contributed by atoms with Gasteiger partial charge in [0.05, 0.1) is 16.9 Å². The number of rotatable bonds is 2. The summed E-state index contributed by atoms with van der Waals surface area (Å²) >= 11 is 0. The predicted octanol–water partition coefficient (Wildman–Crippen LogP) is 6.70. The van der Waals surface area contributed by atoms with Crippen LogP contribution in [0.4, 0.5) is 0 Å². The van der Waals surface area contributed by atoms with Gasteiger partial charge in [-0.3, -0.25) is 4.79 Å². The second kappa shape index (κ2) is 7.38. The molecule has 0 aromatic heterocycles. The van der Waals surface area contributed by atoms with E-state index >= 15 is 0 Å². The van der Waals surface area contributed by atoms with Crippen LogP contribution in [-0.4, -0.2) is 22.3 Å². The van der Waals surface area contributed by atoms with Crippen LogP contribution in [0.25, 0.3) is 0 Å². The monoisotopic (exact) mass is 466 g/mol. The number of carboxylic acids is 1. The Labute approximate surface area is 207 Å². The molecule has 5 aliphatic carbocycles. The molecule has 0 aliphatic heterocycles. The largest absolute Gasteiger partial charge is 0.481 e. The Bertz CT molecular complexity index is 947. The van der Waals surface area contributed by atoms with Gasteiger partial charge in [-0.25, -0.2) is 0 Å². The smallest absolute Gasteiger partial charge is 0.309 e. The fraction of sp³-hybridized carbons (Fsp3) is 0.839. The van der Waals surface area contributed by atoms with E-state index in [1.807, 2.05) is 0 Å². The van der Waals surface area contributed by atoms with E-state index in [9.17, 15) is 15.0 Å². The Kier molecular flexibility index (Phi) is 5.30. The van der Waals surface area contributed by atoms with Crippen molar-refractivity contribution >= 4 is 5.97 Å². The highest BCUT2D eigenvalue weighted by Gasteiger charge is 2.72. The van der Waals surface area contributed by atoms with Crippen LogP contribution in [-0.2, 0) is 4.79 Å². The first-order valence-corrected chi connectivity index (χ1v) is 13.9. The van der Waals surface area contributed by atoms with Crippen LogP contribution in [0, 0.1) is 69.0 Å². The fourth-order valence-corrected chi connectivity index (χ4v) is 11.4. The van der Waals surface area contributed by atoms with Crippen molar-refractivity contribution in [2.75, 3.05) is 0 Å². The van der Waals surface area contributed by atoms with Gasteiger partial charge >= 0.3 is 5.97 Å². The molecule has 3 unspecified atom stereocenters. The molecule has 0 heterocycles. The maximum atomic E-state index is 12.8. The quantitative estimate of drug-likeness (QED) is 0.351. The van der Waals surface area contributed by atoms with E-state index in [4.69, 9.17) is 6.42 Å². The van der Waals surface area contributed by atoms with Crippen LogP contribution in [0.2, 0.25) is 0 Å². The molecule has 0 aromatic rings. The number of aliphatic hydroxyl groups excluding tert-OH is 1. The van der Waals surface area contributed by atoms with Crippen molar-refractivity contribution in [2.45, 2.75) is 105 Å². The third-order valence-electron chi connectivity index (χ3n) is 13.4. The van der Waals surface area contributed by atoms with Crippen molar-refractivity contribution in [3.05, 3.63) is 12.2 Å². The Morgan fingerprint density at radius 1 is 0.912 bits per heavy atom. The molecule has 188 valence electrons. The summed E-state index contributed by atoms with van der Waals surface area (Å²) in [5.41, 5.74) is 0.612. The zero-order valence-electron chi connectivity index (χ0n) is 22.1. The topological polar surface area (TPSA) is 57.5 Å². The van der Waals surface area contributed by atoms with E-state index in [1.54, 1.807) is 0 Å². The molecule has 0 bridgehead atoms. The number of terminal acetylenes is 1. The van der Waals surface area contributed by atoms with E-state index in [1.165, 1.54) is 5.57 Å². The Balaban J connectivity index is 1.57. The van der Waals surface area contributed by atoms with Gasteiger partial charge in [0.2, 0.25) is 0 Å². The normalized spacial score (nSPS) is 56.3. The zero-order chi connectivity index (χ0) is 24.9. The van der Waals surface area contributed by atoms with Gasteiger partial charge in [-0.15, -0.1) is 6.42 Å². The van der Waals surface area contributed by atoms with Crippen molar-refractivity contribution in [3.8, 4) is 12.3 Å². The molecule has 2 N–H and O–H groups in total. The van der Waals surface area contributed by atoms with Crippen LogP contribution < -0.4 is 0 Å². The highest BCUT2D eigenvalue weighted by molar-refractivity contribution is 5.76. The zero-order valence-corrected chi connectivity index (χ0v) is 22.1. The van der Waals surface area contributed by atoms with Crippen molar-refractivity contribution in [2.24, 2.45) is 56.7 Å². The summed E-state index contributed by atoms with van der Waals surface area (Å²) in [6, 6.07) is 0. The lowest BCUT2D eigenvalue weighted by atomic mass is 9.32. The SMILES string of the molecule is C#C[C@@]1(C)C2CC[C@]3(C)[C@H](CCC4C5[C@H](C(=C)C)CC[C@]5(C(=O)O)CC[C@]43C)[C@@]2(C)CC[C@@H]1O. The second-order valence-corrected chi connectivity index (χ2v) is 14.1. The number of allylic oxidation sites excluding steroid dienone is 1. The molecule has 5 rings (SSSR count). The molecule has 5 saturated carbocycles. The maximum absolute atomic E-state index is 12.8. The number of carboxylic acid groups (broad SMARTS) is 1. The van der Waals surface area contributed by atoms with E-state index in [2.05, 4.69) is 47.1 Å². The van der Waals surface area contributed by atoms with Gasteiger partial charge in [-0.1, -0.05) is 38.8 Å². The van der Waals surface area contributed by atoms with Gasteiger partial charge in [-0.2, -0.15) is 0 Å². The Hall–Kier alpha value is -1.27. The minimum absolute atomic E-state index is 0.131. The average molecular weight is 467 g/mol. The van der Waals surface area contributed by atoms with Crippen molar-refractivity contribution in [1.82, 2.24) is 0 Å². The number of carbonyl (C=O) groups is 1. The van der Waals surface area contributed by atoms with Gasteiger partial charge < -0.3 is 10.2 Å². The average Bonchev–Trinajstić information content (AvgIpc) is 3.18. The van der Waals surface area contributed by atoms with E-state index in [0.717, 1.165) is 64.2 Å². The number of hydrogen-bond donors (Lipinski definition) is 2. The third-order valence-corrected chi connectivity index (χ3v) is 13.4. The van der Waals surface area contributed by atoms with Crippen LogP contribution in [0.5, 0.6) is 0 Å². The van der Waals surface area contributed by atoms with Crippen LogP contribution in [0.15, 0.2) is 12.2 Å². The minimum Gasteiger partial charge on any atom is -0.481 e. The molecule has 0 radical (unpaired) electrons. The van der Waals surface area contributed by atoms with E-state index in [-0.39, 0.29) is 22.2 Å². The van der Waals surface area contributed by atoms with Crippen molar-refractivity contribution in [1.29, 1.82) is 0 Å². The standard InChI is InChI=1S/C31H46O3/c1-8-27(4)22-12-15-30(7)23(28(22,5)14-13-24(27)32)10-9-21-25-20(19(2)3)11-16-31(25,26(33)34)18-17-29(21,30)6/h1,20-25,32H,2,9-18H2,3-7H3,(H,33,34)/t20-,21?,22?,23+,24-,25?,27-,28-,29+,30+,31-/m0/s1. The summed E-state index contributed by atoms with van der Waals surface area (Å²) in [5.74, 6) is 4.43. The first-order valence-electron chi connectivity index (χ1n) is 13.9. The Morgan fingerprint density at radius 3 is 2.24 bits per heavy atom. The summed E-state index contributed by atoms with van der Waals surface area (Å²) in [4.78, 5) is 12.8. The lowest BCUT2D eigenvalue weighted by molar-refractivity contribution is -0.243. The van der Waals surface area contributed by atoms with E-state index in [0.29, 0.717) is 23.7 Å². The summed E-state index contributed by atoms with van der Waals surface area (Å²) in [6.07, 6.45) is 15.7. The lowest BCUT2D eigenvalue weighted by Gasteiger charge is -2.72. The fourth-order valence-electron chi connectivity index (χ4n) is 11.4. The summed E-state index contributed by atoms with van der Waals surface area (Å²) in [6.45, 7) is 16.2. The first kappa shape index (κ1) is 24.4. The summed E-state index contributed by atoms with van der Waals surface area (Å²) < 4.78 is 0. The molecule has 5 fully saturated rings. The van der Waals surface area contributed by atoms with Gasteiger partial charge in [0.25, 0.3) is 0 Å².